The molecule has 0 saturated heterocycles. The number of rotatable bonds is 4. The van der Waals surface area contributed by atoms with E-state index in [0.717, 1.165) is 5.56 Å². The number of nitrogens with two attached hydrogens (primary N) is 1. The maximum Gasteiger partial charge on any atom is 0.170 e. The largest absolute Gasteiger partial charge is 0.409 e. The van der Waals surface area contributed by atoms with E-state index in [-0.39, 0.29) is 5.84 Å². The van der Waals surface area contributed by atoms with Crippen LogP contribution in [0.1, 0.15) is 22.3 Å². The van der Waals surface area contributed by atoms with Gasteiger partial charge in [-0.15, -0.1) is 11.8 Å². The third-order valence-corrected chi connectivity index (χ3v) is 4.33. The monoisotopic (exact) mass is 304 g/mol. The summed E-state index contributed by atoms with van der Waals surface area (Å²) in [6, 6.07) is 10.7. The van der Waals surface area contributed by atoms with Gasteiger partial charge >= 0.3 is 0 Å². The van der Waals surface area contributed by atoms with Crippen molar-refractivity contribution < 1.29 is 9.60 Å². The Hall–Kier alpha value is -2.01. The zero-order chi connectivity index (χ0) is 15.4. The first-order valence-electron chi connectivity index (χ1n) is 6.47. The minimum Gasteiger partial charge on any atom is -0.409 e. The van der Waals surface area contributed by atoms with Crippen molar-refractivity contribution in [3.63, 3.8) is 0 Å². The number of hydrogen-bond donors (Lipinski definition) is 2. The molecule has 21 heavy (non-hydrogen) atoms. The molecular formula is C16H17FN2OS. The molecule has 0 atom stereocenters. The average Bonchev–Trinajstić information content (AvgIpc) is 2.46. The van der Waals surface area contributed by atoms with Gasteiger partial charge in [0.25, 0.3) is 0 Å². The third-order valence-electron chi connectivity index (χ3n) is 3.10. The van der Waals surface area contributed by atoms with E-state index in [1.807, 2.05) is 6.92 Å². The highest BCUT2D eigenvalue weighted by molar-refractivity contribution is 7.98. The first-order valence-corrected chi connectivity index (χ1v) is 7.45. The molecule has 110 valence electrons. The van der Waals surface area contributed by atoms with E-state index < -0.39 is 5.82 Å². The summed E-state index contributed by atoms with van der Waals surface area (Å²) in [7, 11) is 0. The topological polar surface area (TPSA) is 58.6 Å². The summed E-state index contributed by atoms with van der Waals surface area (Å²) in [6.07, 6.45) is 0. The van der Waals surface area contributed by atoms with Gasteiger partial charge in [0.2, 0.25) is 0 Å². The maximum atomic E-state index is 13.6. The van der Waals surface area contributed by atoms with Crippen molar-refractivity contribution in [1.82, 2.24) is 0 Å². The predicted molar refractivity (Wildman–Crippen MR) is 84.4 cm³/mol. The Morgan fingerprint density at radius 3 is 2.71 bits per heavy atom. The summed E-state index contributed by atoms with van der Waals surface area (Å²) in [5.74, 6) is 0.136. The Bertz CT molecular complexity index is 686. The summed E-state index contributed by atoms with van der Waals surface area (Å²) in [4.78, 5) is 1.17. The van der Waals surface area contributed by atoms with Crippen molar-refractivity contribution in [2.75, 3.05) is 0 Å². The average molecular weight is 304 g/mol. The maximum absolute atomic E-state index is 13.6. The van der Waals surface area contributed by atoms with E-state index >= 15 is 0 Å². The van der Waals surface area contributed by atoms with Crippen LogP contribution in [0.3, 0.4) is 0 Å². The van der Waals surface area contributed by atoms with Gasteiger partial charge in [0, 0.05) is 16.2 Å². The van der Waals surface area contributed by atoms with E-state index in [9.17, 15) is 4.39 Å². The van der Waals surface area contributed by atoms with Crippen LogP contribution in [0, 0.1) is 19.7 Å². The molecule has 2 aromatic rings. The number of aryl methyl sites for hydroxylation is 2. The Kier molecular flexibility index (Phi) is 4.85. The van der Waals surface area contributed by atoms with Crippen LogP contribution in [0.15, 0.2) is 46.4 Å². The van der Waals surface area contributed by atoms with Crippen LogP contribution < -0.4 is 5.73 Å². The van der Waals surface area contributed by atoms with E-state index in [0.29, 0.717) is 11.3 Å². The Morgan fingerprint density at radius 2 is 2.00 bits per heavy atom. The first kappa shape index (κ1) is 15.4. The normalized spacial score (nSPS) is 11.7. The smallest absolute Gasteiger partial charge is 0.170 e. The Morgan fingerprint density at radius 1 is 1.24 bits per heavy atom. The van der Waals surface area contributed by atoms with Crippen molar-refractivity contribution in [2.45, 2.75) is 24.5 Å². The van der Waals surface area contributed by atoms with E-state index in [1.54, 1.807) is 17.8 Å². The van der Waals surface area contributed by atoms with Gasteiger partial charge in [-0.2, -0.15) is 0 Å². The van der Waals surface area contributed by atoms with Crippen LogP contribution in [0.2, 0.25) is 0 Å². The Balaban J connectivity index is 2.20. The summed E-state index contributed by atoms with van der Waals surface area (Å²) >= 11 is 1.64. The SMILES string of the molecule is Cc1ccc(C)c(SCc2cc(F)cc(/C(N)=N/O)c2)c1. The van der Waals surface area contributed by atoms with E-state index in [4.69, 9.17) is 10.9 Å². The molecule has 0 aliphatic rings. The first-order chi connectivity index (χ1) is 9.99. The van der Waals surface area contributed by atoms with Crippen LogP contribution in [0.25, 0.3) is 0 Å². The minimum atomic E-state index is -0.393. The quantitative estimate of drug-likeness (QED) is 0.297. The number of halogens is 1. The summed E-state index contributed by atoms with van der Waals surface area (Å²) in [5, 5.41) is 11.6. The molecule has 2 aromatic carbocycles. The molecule has 0 unspecified atom stereocenters. The van der Waals surface area contributed by atoms with Crippen LogP contribution in [-0.2, 0) is 5.75 Å². The van der Waals surface area contributed by atoms with Crippen molar-refractivity contribution in [3.05, 3.63) is 64.5 Å². The lowest BCUT2D eigenvalue weighted by Crippen LogP contribution is -2.13. The van der Waals surface area contributed by atoms with Gasteiger partial charge in [-0.05, 0) is 49.2 Å². The van der Waals surface area contributed by atoms with Gasteiger partial charge in [0.15, 0.2) is 5.84 Å². The van der Waals surface area contributed by atoms with Crippen molar-refractivity contribution in [3.8, 4) is 0 Å². The summed E-state index contributed by atoms with van der Waals surface area (Å²) in [5.41, 5.74) is 9.07. The molecule has 0 bridgehead atoms. The highest BCUT2D eigenvalue weighted by Gasteiger charge is 2.06. The molecule has 0 aliphatic heterocycles. The lowest BCUT2D eigenvalue weighted by molar-refractivity contribution is 0.318. The second-order valence-corrected chi connectivity index (χ2v) is 5.91. The fourth-order valence-corrected chi connectivity index (χ4v) is 3.02. The Labute approximate surface area is 127 Å². The summed E-state index contributed by atoms with van der Waals surface area (Å²) < 4.78 is 13.6. The van der Waals surface area contributed by atoms with Gasteiger partial charge in [0.05, 0.1) is 0 Å². The molecule has 3 N–H and O–H groups in total. The molecule has 0 radical (unpaired) electrons. The molecular weight excluding hydrogens is 287 g/mol. The molecule has 0 saturated carbocycles. The molecule has 2 rings (SSSR count). The fraction of sp³-hybridized carbons (Fsp3) is 0.188. The second kappa shape index (κ2) is 6.63. The molecule has 3 nitrogen and oxygen atoms in total. The molecule has 0 heterocycles. The van der Waals surface area contributed by atoms with Crippen molar-refractivity contribution in [1.29, 1.82) is 0 Å². The zero-order valence-electron chi connectivity index (χ0n) is 11.9. The van der Waals surface area contributed by atoms with Crippen molar-refractivity contribution >= 4 is 17.6 Å². The molecule has 0 spiro atoms. The highest BCUT2D eigenvalue weighted by atomic mass is 32.2. The predicted octanol–water partition coefficient (Wildman–Crippen LogP) is 3.83. The number of hydrogen-bond acceptors (Lipinski definition) is 3. The minimum absolute atomic E-state index is 0.0903. The van der Waals surface area contributed by atoms with Crippen LogP contribution in [0.4, 0.5) is 4.39 Å². The van der Waals surface area contributed by atoms with Gasteiger partial charge in [-0.25, -0.2) is 4.39 Å². The molecule has 0 aromatic heterocycles. The van der Waals surface area contributed by atoms with Crippen LogP contribution in [0.5, 0.6) is 0 Å². The summed E-state index contributed by atoms with van der Waals surface area (Å²) in [6.45, 7) is 4.09. The highest BCUT2D eigenvalue weighted by Crippen LogP contribution is 2.27. The standard InChI is InChI=1S/C16H17FN2OS/c1-10-3-4-11(2)15(5-10)21-9-12-6-13(16(18)19-20)8-14(17)7-12/h3-8,20H,9H2,1-2H3,(H2,18,19). The molecule has 0 fully saturated rings. The van der Waals surface area contributed by atoms with Crippen molar-refractivity contribution in [2.24, 2.45) is 10.9 Å². The lowest BCUT2D eigenvalue weighted by Gasteiger charge is -2.08. The molecule has 0 amide bonds. The number of nitrogens with zero attached hydrogens (tertiary/aromatic N) is 1. The van der Waals surface area contributed by atoms with Gasteiger partial charge in [0.1, 0.15) is 5.82 Å². The van der Waals surface area contributed by atoms with Gasteiger partial charge in [-0.1, -0.05) is 22.9 Å². The fourth-order valence-electron chi connectivity index (χ4n) is 1.96. The molecule has 0 aliphatic carbocycles. The molecule has 5 heteroatoms. The number of amidine groups is 1. The zero-order valence-corrected chi connectivity index (χ0v) is 12.7. The number of oxime groups is 1. The number of thioether (sulfide) groups is 1. The lowest BCUT2D eigenvalue weighted by atomic mass is 10.1. The third kappa shape index (κ3) is 3.98. The van der Waals surface area contributed by atoms with Gasteiger partial charge in [-0.3, -0.25) is 0 Å². The van der Waals surface area contributed by atoms with Crippen LogP contribution in [-0.4, -0.2) is 11.0 Å². The number of benzene rings is 2. The second-order valence-electron chi connectivity index (χ2n) is 4.89. The van der Waals surface area contributed by atoms with Gasteiger partial charge < -0.3 is 10.9 Å². The van der Waals surface area contributed by atoms with Crippen LogP contribution >= 0.6 is 11.8 Å². The van der Waals surface area contributed by atoms with E-state index in [1.165, 1.54) is 28.2 Å². The van der Waals surface area contributed by atoms with E-state index in [2.05, 4.69) is 30.3 Å².